The summed E-state index contributed by atoms with van der Waals surface area (Å²) in [4.78, 5) is 33.0. The molecule has 0 bridgehead atoms. The summed E-state index contributed by atoms with van der Waals surface area (Å²) in [5.41, 5.74) is -1.12. The Labute approximate surface area is 185 Å². The molecule has 0 N–H and O–H groups in total. The lowest BCUT2D eigenvalue weighted by Gasteiger charge is -2.29. The standard InChI is InChI=1S/C24H16F4N2O3/c25-17-12-6-4-10-15(17)20-19-21(33-30(20)14-8-2-1-3-9-14)23(32)29(22(19)31)18-13-7-5-11-16(18)24(26,27)28/h1-13,19-21H. The zero-order valence-corrected chi connectivity index (χ0v) is 16.9. The lowest BCUT2D eigenvalue weighted by atomic mass is 9.90. The molecular formula is C24H16F4N2O3. The van der Waals surface area contributed by atoms with Crippen molar-refractivity contribution in [3.63, 3.8) is 0 Å². The van der Waals surface area contributed by atoms with Gasteiger partial charge in [-0.2, -0.15) is 13.2 Å². The van der Waals surface area contributed by atoms with Crippen LogP contribution in [0, 0.1) is 11.7 Å². The third kappa shape index (κ3) is 3.36. The van der Waals surface area contributed by atoms with Crippen LogP contribution in [0.15, 0.2) is 78.9 Å². The molecule has 2 aliphatic rings. The van der Waals surface area contributed by atoms with Gasteiger partial charge in [0.2, 0.25) is 5.91 Å². The number of para-hydroxylation sites is 2. The Kier molecular flexibility index (Phi) is 4.93. The van der Waals surface area contributed by atoms with Crippen LogP contribution in [0.5, 0.6) is 0 Å². The van der Waals surface area contributed by atoms with E-state index in [4.69, 9.17) is 4.84 Å². The van der Waals surface area contributed by atoms with Gasteiger partial charge < -0.3 is 0 Å². The highest BCUT2D eigenvalue weighted by molar-refractivity contribution is 6.24. The van der Waals surface area contributed by atoms with Gasteiger partial charge in [0.05, 0.1) is 23.0 Å². The van der Waals surface area contributed by atoms with Crippen molar-refractivity contribution in [1.29, 1.82) is 0 Å². The highest BCUT2D eigenvalue weighted by Gasteiger charge is 2.61. The molecule has 0 saturated carbocycles. The fraction of sp³-hybridized carbons (Fsp3) is 0.167. The fourth-order valence-corrected chi connectivity index (χ4v) is 4.39. The van der Waals surface area contributed by atoms with Crippen LogP contribution in [0.4, 0.5) is 28.9 Å². The first-order chi connectivity index (χ1) is 15.8. The number of hydrogen-bond acceptors (Lipinski definition) is 4. The van der Waals surface area contributed by atoms with Crippen LogP contribution >= 0.6 is 0 Å². The van der Waals surface area contributed by atoms with Gasteiger partial charge in [-0.25, -0.2) is 14.4 Å². The van der Waals surface area contributed by atoms with E-state index in [-0.39, 0.29) is 5.56 Å². The van der Waals surface area contributed by atoms with E-state index in [1.54, 1.807) is 36.4 Å². The van der Waals surface area contributed by atoms with Crippen molar-refractivity contribution in [2.45, 2.75) is 18.3 Å². The van der Waals surface area contributed by atoms with Crippen LogP contribution < -0.4 is 9.96 Å². The predicted molar refractivity (Wildman–Crippen MR) is 110 cm³/mol. The second kappa shape index (κ2) is 7.70. The Bertz CT molecular complexity index is 1230. The number of anilines is 2. The largest absolute Gasteiger partial charge is 0.418 e. The van der Waals surface area contributed by atoms with Crippen molar-refractivity contribution in [1.82, 2.24) is 0 Å². The quantitative estimate of drug-likeness (QED) is 0.416. The molecule has 168 valence electrons. The Hall–Kier alpha value is -3.72. The number of carbonyl (C=O) groups is 2. The molecule has 33 heavy (non-hydrogen) atoms. The average molecular weight is 456 g/mol. The lowest BCUT2D eigenvalue weighted by Crippen LogP contribution is -2.38. The summed E-state index contributed by atoms with van der Waals surface area (Å²) in [5.74, 6) is -3.67. The Morgan fingerprint density at radius 2 is 1.42 bits per heavy atom. The highest BCUT2D eigenvalue weighted by atomic mass is 19.4. The van der Waals surface area contributed by atoms with E-state index in [2.05, 4.69) is 0 Å². The summed E-state index contributed by atoms with van der Waals surface area (Å²) in [6, 6.07) is 17.5. The van der Waals surface area contributed by atoms with Crippen molar-refractivity contribution >= 4 is 23.2 Å². The number of benzene rings is 3. The van der Waals surface area contributed by atoms with E-state index in [0.717, 1.165) is 12.1 Å². The zero-order valence-electron chi connectivity index (χ0n) is 16.9. The minimum atomic E-state index is -4.78. The summed E-state index contributed by atoms with van der Waals surface area (Å²) in [5, 5.41) is 1.29. The third-order valence-corrected chi connectivity index (χ3v) is 5.80. The Balaban J connectivity index is 1.62. The zero-order chi connectivity index (χ0) is 23.3. The van der Waals surface area contributed by atoms with Crippen molar-refractivity contribution in [2.24, 2.45) is 5.92 Å². The fourth-order valence-electron chi connectivity index (χ4n) is 4.39. The van der Waals surface area contributed by atoms with Crippen LogP contribution in [0.25, 0.3) is 0 Å². The lowest BCUT2D eigenvalue weighted by molar-refractivity contribution is -0.137. The number of carbonyl (C=O) groups excluding carboxylic acids is 2. The first-order valence-corrected chi connectivity index (χ1v) is 10.1. The Morgan fingerprint density at radius 1 is 0.788 bits per heavy atom. The maximum atomic E-state index is 14.8. The van der Waals surface area contributed by atoms with Crippen LogP contribution in [0.1, 0.15) is 17.2 Å². The molecule has 2 amide bonds. The van der Waals surface area contributed by atoms with Crippen LogP contribution in [0.2, 0.25) is 0 Å². The van der Waals surface area contributed by atoms with Crippen LogP contribution in [-0.4, -0.2) is 17.9 Å². The first-order valence-electron chi connectivity index (χ1n) is 10.1. The van der Waals surface area contributed by atoms with E-state index >= 15 is 0 Å². The van der Waals surface area contributed by atoms with Crippen LogP contribution in [0.3, 0.4) is 0 Å². The molecule has 3 aromatic carbocycles. The molecule has 2 aliphatic heterocycles. The maximum absolute atomic E-state index is 14.8. The van der Waals surface area contributed by atoms with Gasteiger partial charge in [0.15, 0.2) is 6.10 Å². The van der Waals surface area contributed by atoms with Gasteiger partial charge in [-0.15, -0.1) is 0 Å². The summed E-state index contributed by atoms with van der Waals surface area (Å²) in [7, 11) is 0. The molecule has 0 aliphatic carbocycles. The van der Waals surface area contributed by atoms with E-state index in [9.17, 15) is 27.2 Å². The molecule has 3 atom stereocenters. The summed E-state index contributed by atoms with van der Waals surface area (Å²) < 4.78 is 55.6. The number of imide groups is 1. The van der Waals surface area contributed by atoms with Gasteiger partial charge in [-0.05, 0) is 30.3 Å². The number of hydrogen-bond donors (Lipinski definition) is 0. The number of halogens is 4. The van der Waals surface area contributed by atoms with E-state index in [1.807, 2.05) is 0 Å². The molecule has 3 aromatic rings. The smallest absolute Gasteiger partial charge is 0.273 e. The Morgan fingerprint density at radius 3 is 2.12 bits per heavy atom. The molecular weight excluding hydrogens is 440 g/mol. The second-order valence-electron chi connectivity index (χ2n) is 7.71. The molecule has 2 fully saturated rings. The number of rotatable bonds is 3. The minimum absolute atomic E-state index is 0.0981. The number of fused-ring (bicyclic) bond motifs is 1. The molecule has 0 aromatic heterocycles. The topological polar surface area (TPSA) is 49.9 Å². The van der Waals surface area contributed by atoms with E-state index in [1.165, 1.54) is 35.4 Å². The number of alkyl halides is 3. The summed E-state index contributed by atoms with van der Waals surface area (Å²) in [6.07, 6.45) is -6.18. The van der Waals surface area contributed by atoms with Gasteiger partial charge in [-0.3, -0.25) is 14.4 Å². The minimum Gasteiger partial charge on any atom is -0.273 e. The van der Waals surface area contributed by atoms with Gasteiger partial charge >= 0.3 is 6.18 Å². The van der Waals surface area contributed by atoms with Gasteiger partial charge in [-0.1, -0.05) is 48.5 Å². The number of amides is 2. The third-order valence-electron chi connectivity index (χ3n) is 5.80. The predicted octanol–water partition coefficient (Wildman–Crippen LogP) is 4.90. The van der Waals surface area contributed by atoms with Gasteiger partial charge in [0.25, 0.3) is 5.91 Å². The first kappa shape index (κ1) is 21.1. The highest BCUT2D eigenvalue weighted by Crippen LogP contribution is 2.49. The van der Waals surface area contributed by atoms with E-state index < -0.39 is 53.1 Å². The molecule has 2 heterocycles. The molecule has 0 spiro atoms. The second-order valence-corrected chi connectivity index (χ2v) is 7.71. The molecule has 5 nitrogen and oxygen atoms in total. The van der Waals surface area contributed by atoms with Gasteiger partial charge in [0, 0.05) is 5.56 Å². The number of nitrogens with zero attached hydrogens (tertiary/aromatic N) is 2. The summed E-state index contributed by atoms with van der Waals surface area (Å²) in [6.45, 7) is 0. The molecule has 3 unspecified atom stereocenters. The SMILES string of the molecule is O=C1C2ON(c3ccccc3)C(c3ccccc3F)C2C(=O)N1c1ccccc1C(F)(F)F. The van der Waals surface area contributed by atoms with Gasteiger partial charge in [0.1, 0.15) is 11.7 Å². The van der Waals surface area contributed by atoms with Crippen molar-refractivity contribution in [3.8, 4) is 0 Å². The molecule has 5 rings (SSSR count). The monoisotopic (exact) mass is 456 g/mol. The van der Waals surface area contributed by atoms with E-state index in [0.29, 0.717) is 10.6 Å². The maximum Gasteiger partial charge on any atom is 0.418 e. The average Bonchev–Trinajstić information content (AvgIpc) is 3.30. The van der Waals surface area contributed by atoms with Crippen LogP contribution in [-0.2, 0) is 20.6 Å². The molecule has 0 radical (unpaired) electrons. The number of hydroxylamine groups is 1. The van der Waals surface area contributed by atoms with Crippen molar-refractivity contribution in [2.75, 3.05) is 9.96 Å². The molecule has 2 saturated heterocycles. The molecule has 9 heteroatoms. The summed E-state index contributed by atoms with van der Waals surface area (Å²) >= 11 is 0. The van der Waals surface area contributed by atoms with Crippen molar-refractivity contribution in [3.05, 3.63) is 95.8 Å². The normalized spacial score (nSPS) is 22.7. The van der Waals surface area contributed by atoms with Crippen molar-refractivity contribution < 1.29 is 32.0 Å².